The SMILES string of the molecule is CCC(C[C@H]1OC(c2cn(C)c(=O)n(C)c2=O)[C@H](O)[C@@H]1O)O[PH](=O)O. The first-order chi connectivity index (χ1) is 11.7. The molecule has 3 N–H and O–H groups in total. The number of aliphatic hydroxyl groups is 2. The highest BCUT2D eigenvalue weighted by atomic mass is 31.1. The number of nitrogens with zero attached hydrogens (tertiary/aromatic N) is 2. The lowest BCUT2D eigenvalue weighted by Gasteiger charge is -2.20. The first-order valence-corrected chi connectivity index (χ1v) is 9.11. The molecule has 1 saturated heterocycles. The molecular formula is C14H23N2O8P. The van der Waals surface area contributed by atoms with E-state index in [4.69, 9.17) is 14.2 Å². The fourth-order valence-corrected chi connectivity index (χ4v) is 3.48. The molecule has 0 radical (unpaired) electrons. The minimum absolute atomic E-state index is 0.0448. The molecule has 0 amide bonds. The van der Waals surface area contributed by atoms with Crippen LogP contribution in [-0.4, -0.2) is 48.7 Å². The molecule has 10 nitrogen and oxygen atoms in total. The first kappa shape index (κ1) is 20.0. The third-order valence-corrected chi connectivity index (χ3v) is 4.89. The van der Waals surface area contributed by atoms with Crippen LogP contribution in [-0.2, 0) is 27.9 Å². The minimum atomic E-state index is -3.15. The lowest BCUT2D eigenvalue weighted by molar-refractivity contribution is -0.0177. The predicted octanol–water partition coefficient (Wildman–Crippen LogP) is -1.19. The Balaban J connectivity index is 2.27. The van der Waals surface area contributed by atoms with Crippen LogP contribution in [0.5, 0.6) is 0 Å². The zero-order valence-electron chi connectivity index (χ0n) is 14.2. The van der Waals surface area contributed by atoms with Gasteiger partial charge in [-0.1, -0.05) is 6.92 Å². The Kier molecular flexibility index (Phi) is 6.36. The van der Waals surface area contributed by atoms with E-state index in [2.05, 4.69) is 0 Å². The Morgan fingerprint density at radius 2 is 1.96 bits per heavy atom. The standard InChI is InChI=1S/C14H23N2O8P/c1-4-7(24-25(21)22)5-9-10(17)11(18)12(23-9)8-6-15(2)14(20)16(3)13(8)19/h6-7,9-12,17-18,25H,4-5H2,1-3H3,(H,21,22)/t7?,9-,10-,11-,12?/m1/s1. The lowest BCUT2D eigenvalue weighted by Crippen LogP contribution is -2.40. The second kappa shape index (κ2) is 7.94. The largest absolute Gasteiger partial charge is 0.388 e. The fourth-order valence-electron chi connectivity index (χ4n) is 2.93. The van der Waals surface area contributed by atoms with Gasteiger partial charge in [-0.25, -0.2) is 4.79 Å². The van der Waals surface area contributed by atoms with Crippen molar-refractivity contribution in [3.05, 3.63) is 32.6 Å². The number of aliphatic hydroxyl groups excluding tert-OH is 2. The molecule has 142 valence electrons. The summed E-state index contributed by atoms with van der Waals surface area (Å²) in [6, 6.07) is 0. The molecule has 1 fully saturated rings. The van der Waals surface area contributed by atoms with Crippen LogP contribution in [0.2, 0.25) is 0 Å². The summed E-state index contributed by atoms with van der Waals surface area (Å²) >= 11 is 0. The number of rotatable bonds is 6. The highest BCUT2D eigenvalue weighted by Gasteiger charge is 2.45. The van der Waals surface area contributed by atoms with E-state index in [1.165, 1.54) is 24.9 Å². The predicted molar refractivity (Wildman–Crippen MR) is 87.6 cm³/mol. The average Bonchev–Trinajstić information content (AvgIpc) is 2.83. The van der Waals surface area contributed by atoms with E-state index in [9.17, 15) is 24.4 Å². The van der Waals surface area contributed by atoms with Gasteiger partial charge >= 0.3 is 13.9 Å². The average molecular weight is 378 g/mol. The van der Waals surface area contributed by atoms with Gasteiger partial charge in [0.15, 0.2) is 0 Å². The van der Waals surface area contributed by atoms with Crippen LogP contribution in [0.25, 0.3) is 0 Å². The van der Waals surface area contributed by atoms with Crippen molar-refractivity contribution in [3.8, 4) is 0 Å². The van der Waals surface area contributed by atoms with E-state index in [-0.39, 0.29) is 12.0 Å². The van der Waals surface area contributed by atoms with Crippen LogP contribution < -0.4 is 11.2 Å². The maximum Gasteiger partial charge on any atom is 0.330 e. The fraction of sp³-hybridized carbons (Fsp3) is 0.714. The Morgan fingerprint density at radius 3 is 2.52 bits per heavy atom. The highest BCUT2D eigenvalue weighted by Crippen LogP contribution is 2.35. The third-order valence-electron chi connectivity index (χ3n) is 4.36. The van der Waals surface area contributed by atoms with Gasteiger partial charge in [-0.05, 0) is 6.42 Å². The minimum Gasteiger partial charge on any atom is -0.388 e. The zero-order valence-corrected chi connectivity index (χ0v) is 15.2. The zero-order chi connectivity index (χ0) is 18.9. The number of hydrogen-bond acceptors (Lipinski definition) is 7. The molecule has 0 aromatic carbocycles. The maximum absolute atomic E-state index is 12.3. The van der Waals surface area contributed by atoms with Crippen molar-refractivity contribution in [2.75, 3.05) is 0 Å². The van der Waals surface area contributed by atoms with Crippen molar-refractivity contribution in [1.29, 1.82) is 0 Å². The van der Waals surface area contributed by atoms with Crippen molar-refractivity contribution < 1.29 is 28.9 Å². The van der Waals surface area contributed by atoms with Crippen molar-refractivity contribution in [3.63, 3.8) is 0 Å². The van der Waals surface area contributed by atoms with Gasteiger partial charge in [0.25, 0.3) is 5.56 Å². The molecule has 2 heterocycles. The number of aryl methyl sites for hydroxylation is 1. The molecule has 0 aliphatic carbocycles. The first-order valence-electron chi connectivity index (χ1n) is 7.85. The number of aromatic nitrogens is 2. The van der Waals surface area contributed by atoms with E-state index >= 15 is 0 Å². The summed E-state index contributed by atoms with van der Waals surface area (Å²) in [5.74, 6) is 0. The molecule has 1 aliphatic heterocycles. The van der Waals surface area contributed by atoms with Crippen LogP contribution >= 0.6 is 8.25 Å². The van der Waals surface area contributed by atoms with E-state index in [0.29, 0.717) is 6.42 Å². The molecule has 3 unspecified atom stereocenters. The van der Waals surface area contributed by atoms with Gasteiger partial charge in [0.2, 0.25) is 0 Å². The topological polar surface area (TPSA) is 140 Å². The van der Waals surface area contributed by atoms with Crippen molar-refractivity contribution in [1.82, 2.24) is 9.13 Å². The Bertz CT molecular complexity index is 760. The van der Waals surface area contributed by atoms with Crippen LogP contribution in [0.4, 0.5) is 0 Å². The van der Waals surface area contributed by atoms with Crippen LogP contribution in [0.15, 0.2) is 15.8 Å². The Hall–Kier alpha value is -1.29. The molecule has 0 bridgehead atoms. The highest BCUT2D eigenvalue weighted by molar-refractivity contribution is 7.32. The Morgan fingerprint density at radius 1 is 1.32 bits per heavy atom. The molecule has 25 heavy (non-hydrogen) atoms. The Labute approximate surface area is 144 Å². The third kappa shape index (κ3) is 4.11. The molecule has 1 aliphatic rings. The molecule has 1 aromatic rings. The van der Waals surface area contributed by atoms with Gasteiger partial charge < -0.3 is 28.9 Å². The number of hydrogen-bond donors (Lipinski definition) is 3. The lowest BCUT2D eigenvalue weighted by atomic mass is 10.00. The van der Waals surface area contributed by atoms with Gasteiger partial charge in [-0.2, -0.15) is 0 Å². The second-order valence-electron chi connectivity index (χ2n) is 6.07. The maximum atomic E-state index is 12.3. The summed E-state index contributed by atoms with van der Waals surface area (Å²) in [5, 5.41) is 20.5. The van der Waals surface area contributed by atoms with E-state index in [1.807, 2.05) is 0 Å². The molecule has 11 heteroatoms. The molecule has 2 rings (SSSR count). The normalized spacial score (nSPS) is 28.9. The van der Waals surface area contributed by atoms with Gasteiger partial charge in [0.1, 0.15) is 18.3 Å². The summed E-state index contributed by atoms with van der Waals surface area (Å²) in [6.07, 6.45) is -3.55. The van der Waals surface area contributed by atoms with Crippen molar-refractivity contribution in [2.45, 2.75) is 50.3 Å². The summed E-state index contributed by atoms with van der Waals surface area (Å²) < 4.78 is 23.4. The summed E-state index contributed by atoms with van der Waals surface area (Å²) in [6.45, 7) is 1.74. The van der Waals surface area contributed by atoms with E-state index in [0.717, 1.165) is 4.57 Å². The van der Waals surface area contributed by atoms with Gasteiger partial charge in [-0.3, -0.25) is 13.9 Å². The quantitative estimate of drug-likeness (QED) is 0.525. The summed E-state index contributed by atoms with van der Waals surface area (Å²) in [7, 11) is -0.378. The molecule has 0 spiro atoms. The second-order valence-corrected chi connectivity index (χ2v) is 6.84. The number of ether oxygens (including phenoxy) is 1. The van der Waals surface area contributed by atoms with Crippen LogP contribution in [0.3, 0.4) is 0 Å². The summed E-state index contributed by atoms with van der Waals surface area (Å²) in [4.78, 5) is 32.9. The molecule has 0 saturated carbocycles. The van der Waals surface area contributed by atoms with Crippen molar-refractivity contribution in [2.24, 2.45) is 14.1 Å². The monoisotopic (exact) mass is 378 g/mol. The van der Waals surface area contributed by atoms with E-state index in [1.54, 1.807) is 6.92 Å². The summed E-state index contributed by atoms with van der Waals surface area (Å²) in [5.41, 5.74) is -1.10. The van der Waals surface area contributed by atoms with Gasteiger partial charge in [-0.15, -0.1) is 0 Å². The van der Waals surface area contributed by atoms with E-state index < -0.39 is 50.0 Å². The van der Waals surface area contributed by atoms with Gasteiger partial charge in [0.05, 0.1) is 17.8 Å². The van der Waals surface area contributed by atoms with Crippen LogP contribution in [0, 0.1) is 0 Å². The van der Waals surface area contributed by atoms with Gasteiger partial charge in [0, 0.05) is 26.7 Å². The van der Waals surface area contributed by atoms with Crippen molar-refractivity contribution >= 4 is 8.25 Å². The molecule has 1 aromatic heterocycles. The molecular weight excluding hydrogens is 355 g/mol. The smallest absolute Gasteiger partial charge is 0.330 e. The molecule has 6 atom stereocenters. The van der Waals surface area contributed by atoms with Crippen LogP contribution in [0.1, 0.15) is 31.4 Å².